The van der Waals surface area contributed by atoms with E-state index < -0.39 is 29.6 Å². The van der Waals surface area contributed by atoms with Crippen molar-refractivity contribution >= 4 is 17.5 Å². The van der Waals surface area contributed by atoms with Gasteiger partial charge in [0.05, 0.1) is 6.04 Å². The molecule has 2 atom stereocenters. The molecule has 2 amide bonds. The second-order valence-electron chi connectivity index (χ2n) is 7.53. The number of alkyl halides is 3. The maximum atomic E-state index is 12.7. The van der Waals surface area contributed by atoms with Crippen LogP contribution in [0.4, 0.5) is 13.2 Å². The Hall–Kier alpha value is -2.44. The van der Waals surface area contributed by atoms with E-state index in [1.807, 2.05) is 31.2 Å². The number of aryl methyl sites for hydroxylation is 1. The fourth-order valence-electron chi connectivity index (χ4n) is 3.77. The Morgan fingerprint density at radius 1 is 1.21 bits per heavy atom. The van der Waals surface area contributed by atoms with Crippen molar-refractivity contribution < 1.29 is 22.8 Å². The molecule has 0 spiro atoms. The van der Waals surface area contributed by atoms with Crippen molar-refractivity contribution in [1.82, 2.24) is 5.32 Å². The quantitative estimate of drug-likeness (QED) is 0.753. The molecule has 0 radical (unpaired) electrons. The number of allylic oxidation sites excluding steroid dienone is 1. The second kappa shape index (κ2) is 8.29. The average Bonchev–Trinajstić information content (AvgIpc) is 3.14. The summed E-state index contributed by atoms with van der Waals surface area (Å²) in [5, 5.41) is 2.87. The molecule has 2 aliphatic rings. The second-order valence-corrected chi connectivity index (χ2v) is 7.53. The smallest absolute Gasteiger partial charge is 0.348 e. The molecule has 0 aromatic heterocycles. The molecular weight excluding hydrogens is 369 g/mol. The van der Waals surface area contributed by atoms with Gasteiger partial charge in [-0.3, -0.25) is 9.59 Å². The lowest BCUT2D eigenvalue weighted by atomic mass is 9.92. The number of nitrogens with zero attached hydrogens (tertiary/aromatic N) is 1. The lowest BCUT2D eigenvalue weighted by Gasteiger charge is -2.24. The molecule has 28 heavy (non-hydrogen) atoms. The molecule has 0 saturated heterocycles. The first-order chi connectivity index (χ1) is 13.2. The molecule has 1 aliphatic carbocycles. The van der Waals surface area contributed by atoms with E-state index in [0.29, 0.717) is 12.0 Å². The third-order valence-electron chi connectivity index (χ3n) is 5.36. The summed E-state index contributed by atoms with van der Waals surface area (Å²) in [6, 6.07) is 7.50. The zero-order valence-corrected chi connectivity index (χ0v) is 15.6. The Bertz CT molecular complexity index is 791. The number of amides is 2. The number of carbonyl (C=O) groups is 2. The monoisotopic (exact) mass is 392 g/mol. The number of dihydropyridines is 1. The SMILES string of the molecule is Cc1ccc(C(CC2CCCC2)NC(=O)C2C=CC(C(F)(F)F)=NC2=O)cc1. The number of nitrogens with one attached hydrogen (secondary N) is 1. The van der Waals surface area contributed by atoms with E-state index in [1.54, 1.807) is 0 Å². The highest BCUT2D eigenvalue weighted by atomic mass is 19.4. The van der Waals surface area contributed by atoms with Gasteiger partial charge < -0.3 is 5.32 Å². The van der Waals surface area contributed by atoms with E-state index in [4.69, 9.17) is 0 Å². The van der Waals surface area contributed by atoms with Crippen LogP contribution in [0.5, 0.6) is 0 Å². The van der Waals surface area contributed by atoms with Gasteiger partial charge in [0.25, 0.3) is 5.91 Å². The Kier molecular flexibility index (Phi) is 6.01. The van der Waals surface area contributed by atoms with E-state index in [1.165, 1.54) is 0 Å². The topological polar surface area (TPSA) is 58.5 Å². The van der Waals surface area contributed by atoms with Gasteiger partial charge in [0, 0.05) is 0 Å². The number of hydrogen-bond donors (Lipinski definition) is 1. The maximum Gasteiger partial charge on any atom is 0.433 e. The van der Waals surface area contributed by atoms with Crippen molar-refractivity contribution in [3.63, 3.8) is 0 Å². The molecule has 3 rings (SSSR count). The molecule has 1 aliphatic heterocycles. The lowest BCUT2D eigenvalue weighted by Crippen LogP contribution is -2.39. The number of hydrogen-bond acceptors (Lipinski definition) is 2. The lowest BCUT2D eigenvalue weighted by molar-refractivity contribution is -0.132. The highest BCUT2D eigenvalue weighted by molar-refractivity contribution is 6.14. The summed E-state index contributed by atoms with van der Waals surface area (Å²) in [4.78, 5) is 27.7. The molecule has 150 valence electrons. The van der Waals surface area contributed by atoms with Gasteiger partial charge in [-0.2, -0.15) is 13.2 Å². The Morgan fingerprint density at radius 3 is 2.43 bits per heavy atom. The van der Waals surface area contributed by atoms with Crippen molar-refractivity contribution in [3.05, 3.63) is 47.5 Å². The number of rotatable bonds is 5. The normalized spacial score (nSPS) is 21.5. The van der Waals surface area contributed by atoms with Crippen LogP contribution in [0.2, 0.25) is 0 Å². The van der Waals surface area contributed by atoms with Crippen LogP contribution in [-0.2, 0) is 9.59 Å². The molecular formula is C21H23F3N2O2. The number of aliphatic imine (C=N–C) groups is 1. The van der Waals surface area contributed by atoms with Crippen LogP contribution in [0, 0.1) is 18.8 Å². The van der Waals surface area contributed by atoms with Crippen LogP contribution in [0.3, 0.4) is 0 Å². The molecule has 7 heteroatoms. The van der Waals surface area contributed by atoms with Crippen LogP contribution >= 0.6 is 0 Å². The molecule has 1 saturated carbocycles. The Morgan fingerprint density at radius 2 is 1.86 bits per heavy atom. The molecule has 1 heterocycles. The number of carbonyl (C=O) groups excluding carboxylic acids is 2. The fourth-order valence-corrected chi connectivity index (χ4v) is 3.77. The van der Waals surface area contributed by atoms with Crippen LogP contribution < -0.4 is 5.32 Å². The fraction of sp³-hybridized carbons (Fsp3) is 0.476. The van der Waals surface area contributed by atoms with E-state index in [9.17, 15) is 22.8 Å². The zero-order valence-electron chi connectivity index (χ0n) is 15.6. The largest absolute Gasteiger partial charge is 0.433 e. The third kappa shape index (κ3) is 4.88. The molecule has 1 aromatic rings. The molecule has 2 unspecified atom stereocenters. The summed E-state index contributed by atoms with van der Waals surface area (Å²) >= 11 is 0. The Balaban J connectivity index is 1.74. The van der Waals surface area contributed by atoms with Gasteiger partial charge >= 0.3 is 6.18 Å². The summed E-state index contributed by atoms with van der Waals surface area (Å²) in [5.41, 5.74) is 0.745. The number of benzene rings is 1. The van der Waals surface area contributed by atoms with Crippen molar-refractivity contribution in [2.24, 2.45) is 16.8 Å². The van der Waals surface area contributed by atoms with Crippen LogP contribution in [0.1, 0.15) is 49.3 Å². The first kappa shape index (κ1) is 20.3. The molecule has 0 bridgehead atoms. The number of halogens is 3. The van der Waals surface area contributed by atoms with Gasteiger partial charge in [-0.25, -0.2) is 4.99 Å². The van der Waals surface area contributed by atoms with Crippen LogP contribution in [0.15, 0.2) is 41.4 Å². The van der Waals surface area contributed by atoms with E-state index in [0.717, 1.165) is 49.3 Å². The first-order valence-electron chi connectivity index (χ1n) is 9.49. The van der Waals surface area contributed by atoms with E-state index in [-0.39, 0.29) is 6.04 Å². The standard InChI is InChI=1S/C21H23F3N2O2/c1-13-6-8-15(9-7-13)17(12-14-4-2-3-5-14)25-19(27)16-10-11-18(21(22,23)24)26-20(16)28/h6-11,14,16-17H,2-5,12H2,1H3,(H,25,27). The van der Waals surface area contributed by atoms with Crippen molar-refractivity contribution in [1.29, 1.82) is 0 Å². The van der Waals surface area contributed by atoms with Gasteiger partial charge in [0.1, 0.15) is 11.6 Å². The van der Waals surface area contributed by atoms with Crippen LogP contribution in [0.25, 0.3) is 0 Å². The summed E-state index contributed by atoms with van der Waals surface area (Å²) in [6.07, 6.45) is 2.24. The minimum atomic E-state index is -4.71. The van der Waals surface area contributed by atoms with Crippen LogP contribution in [-0.4, -0.2) is 23.7 Å². The van der Waals surface area contributed by atoms with Gasteiger partial charge in [0.15, 0.2) is 0 Å². The molecule has 4 nitrogen and oxygen atoms in total. The average molecular weight is 392 g/mol. The summed E-state index contributed by atoms with van der Waals surface area (Å²) in [6.45, 7) is 1.97. The predicted octanol–water partition coefficient (Wildman–Crippen LogP) is 4.45. The Labute approximate surface area is 161 Å². The van der Waals surface area contributed by atoms with E-state index >= 15 is 0 Å². The van der Waals surface area contributed by atoms with E-state index in [2.05, 4.69) is 10.3 Å². The van der Waals surface area contributed by atoms with Gasteiger partial charge in [-0.15, -0.1) is 0 Å². The molecule has 1 aromatic carbocycles. The maximum absolute atomic E-state index is 12.7. The highest BCUT2D eigenvalue weighted by Crippen LogP contribution is 2.33. The summed E-state index contributed by atoms with van der Waals surface area (Å²) < 4.78 is 38.1. The minimum Gasteiger partial charge on any atom is -0.348 e. The predicted molar refractivity (Wildman–Crippen MR) is 99.8 cm³/mol. The molecule has 1 fully saturated rings. The summed E-state index contributed by atoms with van der Waals surface area (Å²) in [5.74, 6) is -2.55. The van der Waals surface area contributed by atoms with Gasteiger partial charge in [-0.1, -0.05) is 61.6 Å². The van der Waals surface area contributed by atoms with Gasteiger partial charge in [-0.05, 0) is 30.9 Å². The minimum absolute atomic E-state index is 0.287. The summed E-state index contributed by atoms with van der Waals surface area (Å²) in [7, 11) is 0. The highest BCUT2D eigenvalue weighted by Gasteiger charge is 2.39. The van der Waals surface area contributed by atoms with Crippen molar-refractivity contribution in [3.8, 4) is 0 Å². The van der Waals surface area contributed by atoms with Crippen molar-refractivity contribution in [2.45, 2.75) is 51.2 Å². The molecule has 1 N–H and O–H groups in total. The van der Waals surface area contributed by atoms with Gasteiger partial charge in [0.2, 0.25) is 5.91 Å². The van der Waals surface area contributed by atoms with Crippen molar-refractivity contribution in [2.75, 3.05) is 0 Å². The first-order valence-corrected chi connectivity index (χ1v) is 9.49. The zero-order chi connectivity index (χ0) is 20.3. The third-order valence-corrected chi connectivity index (χ3v) is 5.36.